The molecule has 5 nitrogen and oxygen atoms in total. The molecule has 3 aromatic rings. The number of hydrogen-bond acceptors (Lipinski definition) is 5. The first kappa shape index (κ1) is 21.3. The molecule has 0 aliphatic carbocycles. The number of nitrogens with zero attached hydrogens (tertiary/aromatic N) is 3. The topological polar surface area (TPSA) is 51.4 Å². The third-order valence-corrected chi connectivity index (χ3v) is 5.17. The number of rotatable bonds is 6. The standard InChI is InChI=1S/C22H21F4N3O2/c23-19-7-2-1-4-15(19)12-20-27-21(31-28-20)14-29-10-8-17(9-11-29)30-18-6-3-5-16(13-18)22(24,25)26/h1-7,13,17H,8-12,14H2. The molecular formula is C22H21F4N3O2. The number of alkyl halides is 3. The normalized spacial score (nSPS) is 15.9. The zero-order valence-corrected chi connectivity index (χ0v) is 16.6. The molecule has 0 radical (unpaired) electrons. The van der Waals surface area contributed by atoms with Crippen LogP contribution >= 0.6 is 0 Å². The number of aromatic nitrogens is 2. The second-order valence-electron chi connectivity index (χ2n) is 7.49. The van der Waals surface area contributed by atoms with Crippen LogP contribution in [-0.2, 0) is 19.1 Å². The average molecular weight is 435 g/mol. The zero-order chi connectivity index (χ0) is 21.8. The summed E-state index contributed by atoms with van der Waals surface area (Å²) in [7, 11) is 0. The first-order chi connectivity index (χ1) is 14.9. The van der Waals surface area contributed by atoms with Crippen molar-refractivity contribution in [3.8, 4) is 5.75 Å². The van der Waals surface area contributed by atoms with Gasteiger partial charge in [0.25, 0.3) is 0 Å². The fourth-order valence-corrected chi connectivity index (χ4v) is 3.55. The van der Waals surface area contributed by atoms with Gasteiger partial charge in [-0.2, -0.15) is 18.2 Å². The highest BCUT2D eigenvalue weighted by Crippen LogP contribution is 2.32. The molecule has 4 rings (SSSR count). The van der Waals surface area contributed by atoms with E-state index in [4.69, 9.17) is 9.26 Å². The number of likely N-dealkylation sites (tertiary alicyclic amines) is 1. The molecular weight excluding hydrogens is 414 g/mol. The summed E-state index contributed by atoms with van der Waals surface area (Å²) < 4.78 is 63.4. The Hall–Kier alpha value is -2.94. The summed E-state index contributed by atoms with van der Waals surface area (Å²) in [6, 6.07) is 11.4. The van der Waals surface area contributed by atoms with Crippen LogP contribution in [0.4, 0.5) is 17.6 Å². The first-order valence-corrected chi connectivity index (χ1v) is 9.98. The quantitative estimate of drug-likeness (QED) is 0.518. The summed E-state index contributed by atoms with van der Waals surface area (Å²) in [5, 5.41) is 3.92. The lowest BCUT2D eigenvalue weighted by molar-refractivity contribution is -0.137. The van der Waals surface area contributed by atoms with Crippen molar-refractivity contribution in [3.05, 3.63) is 77.2 Å². The largest absolute Gasteiger partial charge is 0.490 e. The van der Waals surface area contributed by atoms with Gasteiger partial charge in [0.15, 0.2) is 5.82 Å². The second kappa shape index (κ2) is 9.05. The Kier molecular flexibility index (Phi) is 6.22. The zero-order valence-electron chi connectivity index (χ0n) is 16.6. The van der Waals surface area contributed by atoms with Gasteiger partial charge in [-0.3, -0.25) is 4.90 Å². The Morgan fingerprint density at radius 1 is 1.06 bits per heavy atom. The lowest BCUT2D eigenvalue weighted by atomic mass is 10.1. The van der Waals surface area contributed by atoms with Crippen LogP contribution in [0, 0.1) is 5.82 Å². The fraction of sp³-hybridized carbons (Fsp3) is 0.364. The molecule has 0 amide bonds. The molecule has 0 unspecified atom stereocenters. The number of piperidine rings is 1. The second-order valence-corrected chi connectivity index (χ2v) is 7.49. The predicted molar refractivity (Wildman–Crippen MR) is 104 cm³/mol. The Bertz CT molecular complexity index is 1010. The molecule has 1 aliphatic heterocycles. The Labute approximate surface area is 176 Å². The fourth-order valence-electron chi connectivity index (χ4n) is 3.55. The molecule has 9 heteroatoms. The van der Waals surface area contributed by atoms with Crippen LogP contribution in [0.25, 0.3) is 0 Å². The molecule has 31 heavy (non-hydrogen) atoms. The molecule has 0 bridgehead atoms. The van der Waals surface area contributed by atoms with E-state index in [0.29, 0.717) is 49.8 Å². The molecule has 2 aromatic carbocycles. The van der Waals surface area contributed by atoms with E-state index in [1.165, 1.54) is 18.2 Å². The van der Waals surface area contributed by atoms with Gasteiger partial charge in [-0.1, -0.05) is 29.4 Å². The number of hydrogen-bond donors (Lipinski definition) is 0. The van der Waals surface area contributed by atoms with Gasteiger partial charge in [-0.15, -0.1) is 0 Å². The van der Waals surface area contributed by atoms with Gasteiger partial charge in [0.05, 0.1) is 12.1 Å². The maximum Gasteiger partial charge on any atom is 0.416 e. The van der Waals surface area contributed by atoms with Crippen molar-refractivity contribution in [1.29, 1.82) is 0 Å². The van der Waals surface area contributed by atoms with Crippen LogP contribution < -0.4 is 4.74 Å². The number of benzene rings is 2. The van der Waals surface area contributed by atoms with Crippen LogP contribution in [0.3, 0.4) is 0 Å². The van der Waals surface area contributed by atoms with E-state index < -0.39 is 11.7 Å². The van der Waals surface area contributed by atoms with Crippen molar-refractivity contribution in [3.63, 3.8) is 0 Å². The lowest BCUT2D eigenvalue weighted by Gasteiger charge is -2.31. The SMILES string of the molecule is Fc1ccccc1Cc1noc(CN2CCC(Oc3cccc(C(F)(F)F)c3)CC2)n1. The first-order valence-electron chi connectivity index (χ1n) is 9.98. The molecule has 1 aromatic heterocycles. The van der Waals surface area contributed by atoms with Crippen molar-refractivity contribution in [2.24, 2.45) is 0 Å². The van der Waals surface area contributed by atoms with Gasteiger partial charge < -0.3 is 9.26 Å². The van der Waals surface area contributed by atoms with E-state index in [1.54, 1.807) is 18.2 Å². The van der Waals surface area contributed by atoms with E-state index in [-0.39, 0.29) is 24.1 Å². The van der Waals surface area contributed by atoms with Gasteiger partial charge >= 0.3 is 6.18 Å². The molecule has 0 saturated carbocycles. The summed E-state index contributed by atoms with van der Waals surface area (Å²) in [6.07, 6.45) is -2.95. The van der Waals surface area contributed by atoms with Crippen molar-refractivity contribution < 1.29 is 26.8 Å². The van der Waals surface area contributed by atoms with E-state index in [2.05, 4.69) is 15.0 Å². The van der Waals surface area contributed by atoms with Gasteiger partial charge in [0, 0.05) is 19.5 Å². The van der Waals surface area contributed by atoms with Crippen molar-refractivity contribution in [2.45, 2.75) is 38.1 Å². The summed E-state index contributed by atoms with van der Waals surface area (Å²) in [5.41, 5.74) is -0.215. The van der Waals surface area contributed by atoms with E-state index >= 15 is 0 Å². The molecule has 0 N–H and O–H groups in total. The molecule has 164 valence electrons. The number of halogens is 4. The van der Waals surface area contributed by atoms with Crippen molar-refractivity contribution in [1.82, 2.24) is 15.0 Å². The highest BCUT2D eigenvalue weighted by Gasteiger charge is 2.31. The Balaban J connectivity index is 1.27. The van der Waals surface area contributed by atoms with Crippen LogP contribution in [0.2, 0.25) is 0 Å². The minimum absolute atomic E-state index is 0.154. The predicted octanol–water partition coefficient (Wildman–Crippen LogP) is 4.86. The van der Waals surface area contributed by atoms with Crippen LogP contribution in [-0.4, -0.2) is 34.2 Å². The lowest BCUT2D eigenvalue weighted by Crippen LogP contribution is -2.37. The van der Waals surface area contributed by atoms with E-state index in [0.717, 1.165) is 12.1 Å². The smallest absolute Gasteiger partial charge is 0.416 e. The van der Waals surface area contributed by atoms with Crippen molar-refractivity contribution >= 4 is 0 Å². The molecule has 2 heterocycles. The van der Waals surface area contributed by atoms with E-state index in [1.807, 2.05) is 0 Å². The Morgan fingerprint density at radius 3 is 2.58 bits per heavy atom. The third kappa shape index (κ3) is 5.61. The maximum absolute atomic E-state index is 13.8. The highest BCUT2D eigenvalue weighted by atomic mass is 19.4. The van der Waals surface area contributed by atoms with Gasteiger partial charge in [0.2, 0.25) is 5.89 Å². The number of ether oxygens (including phenoxy) is 1. The summed E-state index contributed by atoms with van der Waals surface area (Å²) in [6.45, 7) is 1.84. The van der Waals surface area contributed by atoms with Gasteiger partial charge in [-0.25, -0.2) is 4.39 Å². The maximum atomic E-state index is 13.8. The molecule has 1 saturated heterocycles. The van der Waals surface area contributed by atoms with Crippen molar-refractivity contribution in [2.75, 3.05) is 13.1 Å². The van der Waals surface area contributed by atoms with Crippen LogP contribution in [0.5, 0.6) is 5.75 Å². The molecule has 0 spiro atoms. The van der Waals surface area contributed by atoms with Gasteiger partial charge in [-0.05, 0) is 42.7 Å². The van der Waals surface area contributed by atoms with Gasteiger partial charge in [0.1, 0.15) is 17.7 Å². The van der Waals surface area contributed by atoms with Crippen LogP contribution in [0.1, 0.15) is 35.7 Å². The van der Waals surface area contributed by atoms with Crippen LogP contribution in [0.15, 0.2) is 53.1 Å². The van der Waals surface area contributed by atoms with E-state index in [9.17, 15) is 17.6 Å². The third-order valence-electron chi connectivity index (χ3n) is 5.17. The minimum atomic E-state index is -4.39. The summed E-state index contributed by atoms with van der Waals surface area (Å²) >= 11 is 0. The summed E-state index contributed by atoms with van der Waals surface area (Å²) in [4.78, 5) is 6.45. The average Bonchev–Trinajstić information content (AvgIpc) is 3.18. The molecule has 0 atom stereocenters. The monoisotopic (exact) mass is 435 g/mol. The Morgan fingerprint density at radius 2 is 1.84 bits per heavy atom. The minimum Gasteiger partial charge on any atom is -0.490 e. The molecule has 1 aliphatic rings. The highest BCUT2D eigenvalue weighted by molar-refractivity contribution is 5.30. The molecule has 1 fully saturated rings. The summed E-state index contributed by atoms with van der Waals surface area (Å²) in [5.74, 6) is 0.783.